The normalized spacial score (nSPS) is 16.9. The second-order valence-electron chi connectivity index (χ2n) is 5.33. The topological polar surface area (TPSA) is 42.3 Å². The van der Waals surface area contributed by atoms with Crippen molar-refractivity contribution >= 4 is 30.6 Å². The van der Waals surface area contributed by atoms with Crippen LogP contribution in [-0.4, -0.2) is 37.5 Å². The summed E-state index contributed by atoms with van der Waals surface area (Å²) >= 11 is 0. The molecule has 1 aliphatic rings. The first-order valence-electron chi connectivity index (χ1n) is 6.90. The first-order chi connectivity index (χ1) is 9.95. The van der Waals surface area contributed by atoms with E-state index < -0.39 is 14.9 Å². The van der Waals surface area contributed by atoms with Crippen molar-refractivity contribution < 1.29 is 12.8 Å². The van der Waals surface area contributed by atoms with E-state index in [-0.39, 0.29) is 4.90 Å². The summed E-state index contributed by atoms with van der Waals surface area (Å²) in [5.74, 6) is -0.471. The van der Waals surface area contributed by atoms with Gasteiger partial charge in [0.2, 0.25) is 0 Å². The molecule has 1 fully saturated rings. The molecule has 1 aromatic heterocycles. The van der Waals surface area contributed by atoms with Crippen LogP contribution in [0.15, 0.2) is 29.3 Å². The predicted molar refractivity (Wildman–Crippen MR) is 80.6 cm³/mol. The first kappa shape index (κ1) is 14.8. The lowest BCUT2D eigenvalue weighted by molar-refractivity contribution is 0.324. The van der Waals surface area contributed by atoms with Gasteiger partial charge in [0.05, 0.1) is 0 Å². The molecule has 0 spiro atoms. The maximum Gasteiger partial charge on any atom is 0.263 e. The van der Waals surface area contributed by atoms with Crippen LogP contribution in [0.1, 0.15) is 12.8 Å². The number of benzene rings is 1. The van der Waals surface area contributed by atoms with E-state index in [4.69, 9.17) is 10.7 Å². The van der Waals surface area contributed by atoms with E-state index in [0.29, 0.717) is 17.4 Å². The second-order valence-corrected chi connectivity index (χ2v) is 7.87. The third-order valence-electron chi connectivity index (χ3n) is 3.93. The predicted octanol–water partition coefficient (Wildman–Crippen LogP) is 2.80. The summed E-state index contributed by atoms with van der Waals surface area (Å²) in [4.78, 5) is 2.31. The van der Waals surface area contributed by atoms with Crippen LogP contribution in [-0.2, 0) is 15.6 Å². The molecular formula is C14H16ClFN2O2S. The summed E-state index contributed by atoms with van der Waals surface area (Å²) in [6.45, 7) is 3.67. The van der Waals surface area contributed by atoms with Gasteiger partial charge in [-0.05, 0) is 44.1 Å². The van der Waals surface area contributed by atoms with Crippen molar-refractivity contribution in [1.29, 1.82) is 0 Å². The molecule has 0 saturated carbocycles. The number of aromatic nitrogens is 1. The van der Waals surface area contributed by atoms with E-state index in [9.17, 15) is 12.8 Å². The molecule has 3 rings (SSSR count). The van der Waals surface area contributed by atoms with Crippen LogP contribution in [0.5, 0.6) is 0 Å². The summed E-state index contributed by atoms with van der Waals surface area (Å²) < 4.78 is 38.5. The van der Waals surface area contributed by atoms with Crippen molar-refractivity contribution in [3.63, 3.8) is 0 Å². The highest BCUT2D eigenvalue weighted by molar-refractivity contribution is 8.14. The summed E-state index contributed by atoms with van der Waals surface area (Å²) in [5, 5.41) is 0.339. The Hall–Kier alpha value is -1.11. The summed E-state index contributed by atoms with van der Waals surface area (Å²) in [6.07, 6.45) is 3.92. The average Bonchev–Trinajstić information content (AvgIpc) is 3.02. The number of hydrogen-bond acceptors (Lipinski definition) is 3. The van der Waals surface area contributed by atoms with Gasteiger partial charge in [0.25, 0.3) is 9.05 Å². The van der Waals surface area contributed by atoms with Crippen LogP contribution in [0, 0.1) is 5.82 Å². The molecule has 7 heteroatoms. The van der Waals surface area contributed by atoms with E-state index in [1.807, 2.05) is 4.57 Å². The minimum Gasteiger partial charge on any atom is -0.345 e. The molecule has 0 bridgehead atoms. The fourth-order valence-corrected chi connectivity index (χ4v) is 3.92. The van der Waals surface area contributed by atoms with Crippen molar-refractivity contribution in [1.82, 2.24) is 9.47 Å². The molecule has 2 heterocycles. The van der Waals surface area contributed by atoms with Crippen LogP contribution in [0.2, 0.25) is 0 Å². The Balaban J connectivity index is 1.98. The van der Waals surface area contributed by atoms with Gasteiger partial charge in [0, 0.05) is 40.9 Å². The van der Waals surface area contributed by atoms with Crippen LogP contribution >= 0.6 is 10.7 Å². The fourth-order valence-electron chi connectivity index (χ4n) is 2.87. The van der Waals surface area contributed by atoms with Gasteiger partial charge in [-0.3, -0.25) is 0 Å². The minimum absolute atomic E-state index is 0.0277. The van der Waals surface area contributed by atoms with E-state index >= 15 is 0 Å². The van der Waals surface area contributed by atoms with Gasteiger partial charge < -0.3 is 9.47 Å². The Bertz CT molecular complexity index is 767. The molecule has 0 unspecified atom stereocenters. The monoisotopic (exact) mass is 330 g/mol. The van der Waals surface area contributed by atoms with Gasteiger partial charge in [-0.2, -0.15) is 0 Å². The first-order valence-corrected chi connectivity index (χ1v) is 9.21. The Morgan fingerprint density at radius 2 is 1.90 bits per heavy atom. The van der Waals surface area contributed by atoms with E-state index in [1.54, 1.807) is 6.07 Å². The lowest BCUT2D eigenvalue weighted by Gasteiger charge is -2.15. The van der Waals surface area contributed by atoms with Gasteiger partial charge in [0.1, 0.15) is 10.7 Å². The number of nitrogens with zero attached hydrogens (tertiary/aromatic N) is 2. The number of fused-ring (bicyclic) bond motifs is 1. The molecular weight excluding hydrogens is 315 g/mol. The van der Waals surface area contributed by atoms with Crippen molar-refractivity contribution in [2.24, 2.45) is 0 Å². The maximum absolute atomic E-state index is 13.4. The van der Waals surface area contributed by atoms with Crippen molar-refractivity contribution in [3.05, 3.63) is 30.2 Å². The van der Waals surface area contributed by atoms with Crippen LogP contribution in [0.4, 0.5) is 4.39 Å². The molecule has 2 aromatic rings. The zero-order chi connectivity index (χ0) is 15.0. The van der Waals surface area contributed by atoms with E-state index in [0.717, 1.165) is 19.6 Å². The molecule has 21 heavy (non-hydrogen) atoms. The van der Waals surface area contributed by atoms with Crippen LogP contribution in [0.25, 0.3) is 10.9 Å². The van der Waals surface area contributed by atoms with Crippen molar-refractivity contribution in [2.45, 2.75) is 24.3 Å². The number of rotatable bonds is 4. The minimum atomic E-state index is -3.89. The van der Waals surface area contributed by atoms with Crippen molar-refractivity contribution in [3.8, 4) is 0 Å². The van der Waals surface area contributed by atoms with Crippen LogP contribution in [0.3, 0.4) is 0 Å². The zero-order valence-corrected chi connectivity index (χ0v) is 13.0. The molecule has 0 amide bonds. The number of halogens is 2. The molecule has 1 aliphatic heterocycles. The highest BCUT2D eigenvalue weighted by atomic mass is 35.7. The Morgan fingerprint density at radius 1 is 1.19 bits per heavy atom. The lowest BCUT2D eigenvalue weighted by atomic mass is 10.2. The maximum atomic E-state index is 13.4. The van der Waals surface area contributed by atoms with E-state index in [2.05, 4.69) is 4.90 Å². The largest absolute Gasteiger partial charge is 0.345 e. The van der Waals surface area contributed by atoms with Gasteiger partial charge in [0.15, 0.2) is 0 Å². The Morgan fingerprint density at radius 3 is 2.57 bits per heavy atom. The highest BCUT2D eigenvalue weighted by Crippen LogP contribution is 2.28. The van der Waals surface area contributed by atoms with Gasteiger partial charge in [-0.25, -0.2) is 12.8 Å². The third-order valence-corrected chi connectivity index (χ3v) is 5.27. The molecule has 0 atom stereocenters. The second kappa shape index (κ2) is 5.59. The lowest BCUT2D eigenvalue weighted by Crippen LogP contribution is -2.23. The van der Waals surface area contributed by atoms with Gasteiger partial charge >= 0.3 is 0 Å². The number of likely N-dealkylation sites (tertiary alicyclic amines) is 1. The summed E-state index contributed by atoms with van der Waals surface area (Å²) in [5.41, 5.74) is 0.690. The zero-order valence-electron chi connectivity index (χ0n) is 11.4. The highest BCUT2D eigenvalue weighted by Gasteiger charge is 2.20. The molecule has 114 valence electrons. The molecule has 0 radical (unpaired) electrons. The Kier molecular flexibility index (Phi) is 3.94. The average molecular weight is 331 g/mol. The van der Waals surface area contributed by atoms with Crippen molar-refractivity contribution in [2.75, 3.05) is 19.6 Å². The van der Waals surface area contributed by atoms with Crippen LogP contribution < -0.4 is 0 Å². The van der Waals surface area contributed by atoms with Gasteiger partial charge in [-0.1, -0.05) is 0 Å². The smallest absolute Gasteiger partial charge is 0.263 e. The molecule has 0 N–H and O–H groups in total. The quantitative estimate of drug-likeness (QED) is 0.810. The third kappa shape index (κ3) is 3.07. The molecule has 4 nitrogen and oxygen atoms in total. The van der Waals surface area contributed by atoms with Gasteiger partial charge in [-0.15, -0.1) is 0 Å². The Labute approximate surface area is 127 Å². The molecule has 0 aliphatic carbocycles. The molecule has 1 saturated heterocycles. The summed E-state index contributed by atoms with van der Waals surface area (Å²) in [6, 6.07) is 4.15. The van der Waals surface area contributed by atoms with E-state index in [1.165, 1.54) is 31.2 Å². The fraction of sp³-hybridized carbons (Fsp3) is 0.429. The standard InChI is InChI=1S/C14H16ClFN2O2S/c15-21(19,20)14-10-18(8-7-17-5-1-2-6-17)13-4-3-11(16)9-12(13)14/h3-4,9-10H,1-2,5-8H2. The molecule has 1 aromatic carbocycles. The SMILES string of the molecule is O=S(=O)(Cl)c1cn(CCN2CCCC2)c2ccc(F)cc12. The summed E-state index contributed by atoms with van der Waals surface area (Å²) in [7, 11) is 1.56. The number of hydrogen-bond donors (Lipinski definition) is 0.